The summed E-state index contributed by atoms with van der Waals surface area (Å²) in [5.41, 5.74) is 2.45. The van der Waals surface area contributed by atoms with E-state index in [1.54, 1.807) is 43.3 Å². The lowest BCUT2D eigenvalue weighted by atomic mass is 10.1. The van der Waals surface area contributed by atoms with Crippen molar-refractivity contribution in [1.82, 2.24) is 4.90 Å². The number of halogens is 2. The molecule has 2 aromatic rings. The molecule has 37 heavy (non-hydrogen) atoms. The summed E-state index contributed by atoms with van der Waals surface area (Å²) < 4.78 is 43.0. The number of amides is 2. The van der Waals surface area contributed by atoms with Crippen molar-refractivity contribution in [3.8, 4) is 5.75 Å². The van der Waals surface area contributed by atoms with Gasteiger partial charge >= 0.3 is 12.0 Å². The largest absolute Gasteiger partial charge is 0.492 e. The first-order valence-electron chi connectivity index (χ1n) is 12.3. The van der Waals surface area contributed by atoms with Crippen molar-refractivity contribution in [1.29, 1.82) is 0 Å². The summed E-state index contributed by atoms with van der Waals surface area (Å²) in [4.78, 5) is 25.6. The minimum atomic E-state index is -2.91. The van der Waals surface area contributed by atoms with Crippen LogP contribution < -0.4 is 10.1 Å². The van der Waals surface area contributed by atoms with E-state index in [4.69, 9.17) is 14.2 Å². The number of urea groups is 1. The fraction of sp³-hybridized carbons (Fsp3) is 0.481. The van der Waals surface area contributed by atoms with E-state index < -0.39 is 30.6 Å². The fourth-order valence-corrected chi connectivity index (χ4v) is 3.28. The topological polar surface area (TPSA) is 97.3 Å². The average molecular weight is 523 g/mol. The first kappa shape index (κ1) is 30.0. The first-order chi connectivity index (χ1) is 17.6. The normalized spacial score (nSPS) is 12.1. The lowest BCUT2D eigenvalue weighted by Gasteiger charge is -2.24. The number of nitrogens with zero attached hydrogens (tertiary/aromatic N) is 1. The molecule has 0 aromatic heterocycles. The van der Waals surface area contributed by atoms with E-state index in [2.05, 4.69) is 5.32 Å². The SMILES string of the molecule is CCOC(Cc1ccc(OCCN(CCOCC(F)(F)CC)C(=O)Nc2ccc(C)cc2)cc1)C(=O)O. The smallest absolute Gasteiger partial charge is 0.333 e. The molecule has 0 heterocycles. The van der Waals surface area contributed by atoms with Crippen molar-refractivity contribution in [2.24, 2.45) is 0 Å². The molecule has 204 valence electrons. The summed E-state index contributed by atoms with van der Waals surface area (Å²) >= 11 is 0. The summed E-state index contributed by atoms with van der Waals surface area (Å²) in [6.07, 6.45) is -1.01. The van der Waals surface area contributed by atoms with Crippen LogP contribution in [0.1, 0.15) is 31.4 Å². The van der Waals surface area contributed by atoms with Crippen molar-refractivity contribution >= 4 is 17.7 Å². The molecule has 0 spiro atoms. The Bertz CT molecular complexity index is 970. The third-order valence-corrected chi connectivity index (χ3v) is 5.54. The molecule has 2 amide bonds. The highest BCUT2D eigenvalue weighted by Crippen LogP contribution is 2.18. The van der Waals surface area contributed by atoms with Crippen molar-refractivity contribution in [3.05, 3.63) is 59.7 Å². The number of carbonyl (C=O) groups is 2. The van der Waals surface area contributed by atoms with Gasteiger partial charge in [-0.15, -0.1) is 0 Å². The molecule has 2 N–H and O–H groups in total. The number of anilines is 1. The lowest BCUT2D eigenvalue weighted by Crippen LogP contribution is -2.40. The Labute approximate surface area is 216 Å². The highest BCUT2D eigenvalue weighted by atomic mass is 19.3. The number of carboxylic acids is 1. The number of aliphatic carboxylic acids is 1. The molecule has 2 rings (SSSR count). The summed E-state index contributed by atoms with van der Waals surface area (Å²) in [5, 5.41) is 12.0. The molecule has 0 aliphatic carbocycles. The third-order valence-electron chi connectivity index (χ3n) is 5.54. The zero-order chi connectivity index (χ0) is 27.3. The highest BCUT2D eigenvalue weighted by Gasteiger charge is 2.26. The summed E-state index contributed by atoms with van der Waals surface area (Å²) in [7, 11) is 0. The summed E-state index contributed by atoms with van der Waals surface area (Å²) in [6.45, 7) is 5.07. The van der Waals surface area contributed by atoms with Crippen LogP contribution in [0.3, 0.4) is 0 Å². The zero-order valence-electron chi connectivity index (χ0n) is 21.5. The average Bonchev–Trinajstić information content (AvgIpc) is 2.87. The van der Waals surface area contributed by atoms with Crippen LogP contribution in [0, 0.1) is 6.92 Å². The Morgan fingerprint density at radius 3 is 2.27 bits per heavy atom. The molecule has 2 aromatic carbocycles. The molecule has 0 saturated carbocycles. The molecule has 0 fully saturated rings. The number of nitrogens with one attached hydrogen (secondary N) is 1. The second-order valence-electron chi connectivity index (χ2n) is 8.52. The maximum absolute atomic E-state index is 13.4. The third kappa shape index (κ3) is 11.1. The summed E-state index contributed by atoms with van der Waals surface area (Å²) in [5.74, 6) is -3.38. The Hall–Kier alpha value is -3.24. The number of carboxylic acid groups (broad SMARTS) is 1. The number of carbonyl (C=O) groups excluding carboxylic acids is 1. The van der Waals surface area contributed by atoms with Crippen molar-refractivity contribution < 1.29 is 37.7 Å². The van der Waals surface area contributed by atoms with Gasteiger partial charge in [-0.2, -0.15) is 0 Å². The number of benzene rings is 2. The number of aryl methyl sites for hydroxylation is 1. The van der Waals surface area contributed by atoms with E-state index in [1.807, 2.05) is 19.1 Å². The fourth-order valence-electron chi connectivity index (χ4n) is 3.28. The first-order valence-corrected chi connectivity index (χ1v) is 12.3. The Balaban J connectivity index is 1.93. The van der Waals surface area contributed by atoms with Gasteiger partial charge in [-0.25, -0.2) is 18.4 Å². The van der Waals surface area contributed by atoms with E-state index in [-0.39, 0.29) is 39.1 Å². The minimum Gasteiger partial charge on any atom is -0.492 e. The molecule has 1 unspecified atom stereocenters. The van der Waals surface area contributed by atoms with Crippen LogP contribution in [-0.4, -0.2) is 73.6 Å². The van der Waals surface area contributed by atoms with Gasteiger partial charge in [-0.3, -0.25) is 0 Å². The quantitative estimate of drug-likeness (QED) is 0.301. The van der Waals surface area contributed by atoms with Crippen molar-refractivity contribution in [2.75, 3.05) is 44.8 Å². The van der Waals surface area contributed by atoms with Crippen LogP contribution in [0.5, 0.6) is 5.75 Å². The van der Waals surface area contributed by atoms with E-state index in [0.717, 1.165) is 11.1 Å². The summed E-state index contributed by atoms with van der Waals surface area (Å²) in [6, 6.07) is 13.8. The van der Waals surface area contributed by atoms with Gasteiger partial charge in [0.05, 0.1) is 13.2 Å². The minimum absolute atomic E-state index is 0.0455. The van der Waals surface area contributed by atoms with E-state index in [9.17, 15) is 23.5 Å². The molecule has 0 radical (unpaired) electrons. The second-order valence-corrected chi connectivity index (χ2v) is 8.52. The van der Waals surface area contributed by atoms with Crippen LogP contribution in [0.2, 0.25) is 0 Å². The second kappa shape index (κ2) is 15.1. The molecule has 0 aliphatic rings. The number of hydrogen-bond acceptors (Lipinski definition) is 5. The van der Waals surface area contributed by atoms with Gasteiger partial charge in [-0.1, -0.05) is 36.8 Å². The van der Waals surface area contributed by atoms with Crippen LogP contribution in [0.25, 0.3) is 0 Å². The Kier molecular flexibility index (Phi) is 12.2. The molecule has 1 atom stereocenters. The van der Waals surface area contributed by atoms with Gasteiger partial charge in [0.15, 0.2) is 6.10 Å². The number of alkyl halides is 2. The van der Waals surface area contributed by atoms with Gasteiger partial charge in [0.2, 0.25) is 0 Å². The van der Waals surface area contributed by atoms with Gasteiger partial charge < -0.3 is 29.5 Å². The Morgan fingerprint density at radius 2 is 1.68 bits per heavy atom. The van der Waals surface area contributed by atoms with Crippen LogP contribution in [-0.2, 0) is 20.7 Å². The van der Waals surface area contributed by atoms with Gasteiger partial charge in [-0.05, 0) is 43.7 Å². The van der Waals surface area contributed by atoms with Gasteiger partial charge in [0, 0.05) is 31.7 Å². The molecule has 0 saturated heterocycles. The molecular weight excluding hydrogens is 486 g/mol. The van der Waals surface area contributed by atoms with Gasteiger partial charge in [0.1, 0.15) is 19.0 Å². The van der Waals surface area contributed by atoms with Gasteiger partial charge in [0.25, 0.3) is 5.92 Å². The monoisotopic (exact) mass is 522 g/mol. The molecule has 8 nitrogen and oxygen atoms in total. The highest BCUT2D eigenvalue weighted by molar-refractivity contribution is 5.89. The molecular formula is C27H36F2N2O6. The molecule has 10 heteroatoms. The van der Waals surface area contributed by atoms with E-state index in [1.165, 1.54) is 11.8 Å². The maximum atomic E-state index is 13.4. The number of rotatable bonds is 16. The number of hydrogen-bond donors (Lipinski definition) is 2. The zero-order valence-corrected chi connectivity index (χ0v) is 21.5. The van der Waals surface area contributed by atoms with Crippen molar-refractivity contribution in [2.45, 2.75) is 45.6 Å². The van der Waals surface area contributed by atoms with Crippen LogP contribution >= 0.6 is 0 Å². The number of ether oxygens (including phenoxy) is 3. The van der Waals surface area contributed by atoms with Crippen LogP contribution in [0.15, 0.2) is 48.5 Å². The lowest BCUT2D eigenvalue weighted by molar-refractivity contribution is -0.149. The van der Waals surface area contributed by atoms with Crippen LogP contribution in [0.4, 0.5) is 19.3 Å². The molecule has 0 bridgehead atoms. The predicted octanol–water partition coefficient (Wildman–Crippen LogP) is 5.00. The Morgan fingerprint density at radius 1 is 1.03 bits per heavy atom. The van der Waals surface area contributed by atoms with Crippen molar-refractivity contribution in [3.63, 3.8) is 0 Å². The maximum Gasteiger partial charge on any atom is 0.333 e. The predicted molar refractivity (Wildman–Crippen MR) is 137 cm³/mol. The van der Waals surface area contributed by atoms with E-state index >= 15 is 0 Å². The standard InChI is InChI=1S/C27H36F2N2O6/c1-4-27(28,29)19-35-16-14-31(26(34)30-22-10-6-20(3)7-11-22)15-17-37-23-12-8-21(9-13-23)18-24(25(32)33)36-5-2/h6-13,24H,4-5,14-19H2,1-3H3,(H,30,34)(H,32,33). The molecule has 0 aliphatic heterocycles. The van der Waals surface area contributed by atoms with E-state index in [0.29, 0.717) is 18.0 Å².